The van der Waals surface area contributed by atoms with Gasteiger partial charge in [0, 0.05) is 6.21 Å². The molecule has 2 nitrogen and oxygen atoms in total. The molecule has 0 atom stereocenters. The van der Waals surface area contributed by atoms with Crippen LogP contribution in [0.15, 0.2) is 41.5 Å². The normalized spacial score (nSPS) is 11.4. The fraction of sp³-hybridized carbons (Fsp3) is 0.100. The van der Waals surface area contributed by atoms with Crippen LogP contribution in [0.1, 0.15) is 5.56 Å². The number of hydrogen-bond acceptors (Lipinski definition) is 2. The first-order valence-corrected chi connectivity index (χ1v) is 3.80. The predicted octanol–water partition coefficient (Wildman–Crippen LogP) is 2.17. The molecule has 1 aromatic carbocycles. The third kappa shape index (κ3) is 2.58. The van der Waals surface area contributed by atoms with Crippen molar-refractivity contribution in [3.8, 4) is 0 Å². The highest BCUT2D eigenvalue weighted by Gasteiger charge is 1.84. The molecule has 0 aliphatic carbocycles. The van der Waals surface area contributed by atoms with Crippen molar-refractivity contribution >= 4 is 11.9 Å². The average molecular weight is 160 g/mol. The molecule has 2 N–H and O–H groups in total. The van der Waals surface area contributed by atoms with Gasteiger partial charge >= 0.3 is 0 Å². The molecular weight excluding hydrogens is 148 g/mol. The molecule has 12 heavy (non-hydrogen) atoms. The Morgan fingerprint density at radius 2 is 1.92 bits per heavy atom. The van der Waals surface area contributed by atoms with Gasteiger partial charge in [0.05, 0.1) is 5.69 Å². The number of allylic oxidation sites excluding steroid dienone is 1. The molecule has 62 valence electrons. The van der Waals surface area contributed by atoms with Crippen molar-refractivity contribution in [2.24, 2.45) is 10.7 Å². The van der Waals surface area contributed by atoms with E-state index in [4.69, 9.17) is 5.73 Å². The van der Waals surface area contributed by atoms with Crippen LogP contribution in [0.2, 0.25) is 0 Å². The first kappa shape index (κ1) is 8.53. The summed E-state index contributed by atoms with van der Waals surface area (Å²) < 4.78 is 0. The van der Waals surface area contributed by atoms with Crippen LogP contribution in [0.5, 0.6) is 0 Å². The summed E-state index contributed by atoms with van der Waals surface area (Å²) in [6.07, 6.45) is 4.82. The maximum absolute atomic E-state index is 5.14. The Balaban J connectivity index is 2.70. The van der Waals surface area contributed by atoms with Crippen molar-refractivity contribution < 1.29 is 0 Å². The maximum Gasteiger partial charge on any atom is 0.0629 e. The molecule has 2 heteroatoms. The molecule has 1 rings (SSSR count). The summed E-state index contributed by atoms with van der Waals surface area (Å²) in [5, 5.41) is 0. The highest BCUT2D eigenvalue weighted by Crippen LogP contribution is 2.11. The SMILES string of the molecule is Cc1ccc(N=CC=CN)cc1. The summed E-state index contributed by atoms with van der Waals surface area (Å²) in [4.78, 5) is 4.15. The number of aryl methyl sites for hydroxylation is 1. The van der Waals surface area contributed by atoms with Gasteiger partial charge < -0.3 is 5.73 Å². The second-order valence-corrected chi connectivity index (χ2v) is 2.50. The van der Waals surface area contributed by atoms with Gasteiger partial charge in [-0.3, -0.25) is 4.99 Å². The highest BCUT2D eigenvalue weighted by atomic mass is 14.7. The molecule has 0 fully saturated rings. The van der Waals surface area contributed by atoms with Crippen molar-refractivity contribution in [1.29, 1.82) is 0 Å². The monoisotopic (exact) mass is 160 g/mol. The lowest BCUT2D eigenvalue weighted by molar-refractivity contribution is 1.44. The van der Waals surface area contributed by atoms with Gasteiger partial charge in [-0.1, -0.05) is 17.7 Å². The minimum absolute atomic E-state index is 0.943. The Morgan fingerprint density at radius 3 is 2.50 bits per heavy atom. The molecule has 0 radical (unpaired) electrons. The molecule has 0 aliphatic heterocycles. The molecule has 1 aromatic rings. The highest BCUT2D eigenvalue weighted by molar-refractivity contribution is 5.74. The number of aliphatic imine (C=N–C) groups is 1. The van der Waals surface area contributed by atoms with E-state index in [0.717, 1.165) is 5.69 Å². The fourth-order valence-electron chi connectivity index (χ4n) is 0.810. The van der Waals surface area contributed by atoms with Crippen molar-refractivity contribution in [2.75, 3.05) is 0 Å². The maximum atomic E-state index is 5.14. The second-order valence-electron chi connectivity index (χ2n) is 2.50. The fourth-order valence-corrected chi connectivity index (χ4v) is 0.810. The van der Waals surface area contributed by atoms with Crippen LogP contribution >= 0.6 is 0 Å². The molecule has 0 aromatic heterocycles. The van der Waals surface area contributed by atoms with Crippen molar-refractivity contribution in [3.05, 3.63) is 42.1 Å². The molecule has 0 unspecified atom stereocenters. The standard InChI is InChI=1S/C10H12N2/c1-9-3-5-10(6-4-9)12-8-2-7-11/h2-8H,11H2,1H3. The third-order valence-electron chi connectivity index (χ3n) is 1.45. The van der Waals surface area contributed by atoms with E-state index in [-0.39, 0.29) is 0 Å². The van der Waals surface area contributed by atoms with E-state index in [1.807, 2.05) is 31.2 Å². The second kappa shape index (κ2) is 4.34. The number of benzene rings is 1. The molecule has 0 spiro atoms. The van der Waals surface area contributed by atoms with E-state index in [0.29, 0.717) is 0 Å². The van der Waals surface area contributed by atoms with Gasteiger partial charge in [0.15, 0.2) is 0 Å². The van der Waals surface area contributed by atoms with Gasteiger partial charge in [-0.2, -0.15) is 0 Å². The van der Waals surface area contributed by atoms with Crippen LogP contribution in [0.4, 0.5) is 5.69 Å². The van der Waals surface area contributed by atoms with Crippen LogP contribution < -0.4 is 5.73 Å². The van der Waals surface area contributed by atoms with E-state index in [2.05, 4.69) is 4.99 Å². The zero-order chi connectivity index (χ0) is 8.81. The van der Waals surface area contributed by atoms with Crippen molar-refractivity contribution in [1.82, 2.24) is 0 Å². The summed E-state index contributed by atoms with van der Waals surface area (Å²) in [6, 6.07) is 7.99. The molecule has 0 amide bonds. The molecule has 0 heterocycles. The summed E-state index contributed by atoms with van der Waals surface area (Å²) in [6.45, 7) is 2.05. The van der Waals surface area contributed by atoms with Crippen LogP contribution in [-0.2, 0) is 0 Å². The Bertz CT molecular complexity index is 283. The van der Waals surface area contributed by atoms with E-state index in [9.17, 15) is 0 Å². The predicted molar refractivity (Wildman–Crippen MR) is 52.7 cm³/mol. The lowest BCUT2D eigenvalue weighted by Gasteiger charge is -1.92. The number of nitrogens with two attached hydrogens (primary N) is 1. The van der Waals surface area contributed by atoms with Gasteiger partial charge in [0.1, 0.15) is 0 Å². The lowest BCUT2D eigenvalue weighted by atomic mass is 10.2. The smallest absolute Gasteiger partial charge is 0.0629 e. The minimum Gasteiger partial charge on any atom is -0.405 e. The summed E-state index contributed by atoms with van der Waals surface area (Å²) in [5.74, 6) is 0. The molecular formula is C10H12N2. The molecule has 0 bridgehead atoms. The van der Waals surface area contributed by atoms with E-state index in [1.54, 1.807) is 12.3 Å². The van der Waals surface area contributed by atoms with Crippen LogP contribution in [-0.4, -0.2) is 6.21 Å². The Labute approximate surface area is 72.4 Å². The first-order chi connectivity index (χ1) is 5.83. The largest absolute Gasteiger partial charge is 0.405 e. The molecule has 0 saturated carbocycles. The van der Waals surface area contributed by atoms with Gasteiger partial charge in [-0.25, -0.2) is 0 Å². The first-order valence-electron chi connectivity index (χ1n) is 3.80. The van der Waals surface area contributed by atoms with Crippen molar-refractivity contribution in [3.63, 3.8) is 0 Å². The molecule has 0 saturated heterocycles. The van der Waals surface area contributed by atoms with Crippen LogP contribution in [0.25, 0.3) is 0 Å². The van der Waals surface area contributed by atoms with E-state index < -0.39 is 0 Å². The van der Waals surface area contributed by atoms with Crippen LogP contribution in [0, 0.1) is 6.92 Å². The number of rotatable bonds is 2. The quantitative estimate of drug-likeness (QED) is 0.661. The van der Waals surface area contributed by atoms with E-state index >= 15 is 0 Å². The number of nitrogens with zero attached hydrogens (tertiary/aromatic N) is 1. The van der Waals surface area contributed by atoms with Gasteiger partial charge in [0.2, 0.25) is 0 Å². The Morgan fingerprint density at radius 1 is 1.25 bits per heavy atom. The minimum atomic E-state index is 0.943. The molecule has 0 aliphatic rings. The third-order valence-corrected chi connectivity index (χ3v) is 1.45. The Hall–Kier alpha value is -1.57. The van der Waals surface area contributed by atoms with Gasteiger partial charge in [0.25, 0.3) is 0 Å². The van der Waals surface area contributed by atoms with E-state index in [1.165, 1.54) is 11.8 Å². The zero-order valence-electron chi connectivity index (χ0n) is 7.07. The average Bonchev–Trinajstić information content (AvgIpc) is 2.09. The number of hydrogen-bond donors (Lipinski definition) is 1. The van der Waals surface area contributed by atoms with Gasteiger partial charge in [-0.15, -0.1) is 0 Å². The summed E-state index contributed by atoms with van der Waals surface area (Å²) >= 11 is 0. The Kier molecular flexibility index (Phi) is 3.08. The van der Waals surface area contributed by atoms with Crippen LogP contribution in [0.3, 0.4) is 0 Å². The van der Waals surface area contributed by atoms with Crippen molar-refractivity contribution in [2.45, 2.75) is 6.92 Å². The topological polar surface area (TPSA) is 38.4 Å². The van der Waals surface area contributed by atoms with Gasteiger partial charge in [-0.05, 0) is 31.3 Å². The zero-order valence-corrected chi connectivity index (χ0v) is 7.07. The summed E-state index contributed by atoms with van der Waals surface area (Å²) in [7, 11) is 0. The lowest BCUT2D eigenvalue weighted by Crippen LogP contribution is -1.76. The summed E-state index contributed by atoms with van der Waals surface area (Å²) in [5.41, 5.74) is 7.33.